The summed E-state index contributed by atoms with van der Waals surface area (Å²) in [7, 11) is 0. The fourth-order valence-corrected chi connectivity index (χ4v) is 3.66. The molecule has 0 bridgehead atoms. The molecule has 20 heavy (non-hydrogen) atoms. The van der Waals surface area contributed by atoms with E-state index in [0.717, 1.165) is 45.1 Å². The minimum atomic E-state index is 0.225. The highest BCUT2D eigenvalue weighted by Crippen LogP contribution is 2.29. The van der Waals surface area contributed by atoms with Gasteiger partial charge in [0.25, 0.3) is 0 Å². The van der Waals surface area contributed by atoms with Crippen LogP contribution in [-0.2, 0) is 4.79 Å². The number of amides is 1. The molecule has 1 saturated heterocycles. The Kier molecular flexibility index (Phi) is 6.80. The van der Waals surface area contributed by atoms with Crippen LogP contribution in [0.1, 0.15) is 51.9 Å². The summed E-state index contributed by atoms with van der Waals surface area (Å²) in [5.41, 5.74) is 0. The number of nitrogens with one attached hydrogen (secondary N) is 2. The summed E-state index contributed by atoms with van der Waals surface area (Å²) in [6, 6.07) is 0.554. The minimum Gasteiger partial charge on any atom is -0.355 e. The first kappa shape index (κ1) is 15.8. The molecule has 1 heterocycles. The van der Waals surface area contributed by atoms with Crippen LogP contribution >= 0.6 is 0 Å². The van der Waals surface area contributed by atoms with Crippen LogP contribution in [-0.4, -0.2) is 49.6 Å². The lowest BCUT2D eigenvalue weighted by molar-refractivity contribution is -0.121. The van der Waals surface area contributed by atoms with Crippen LogP contribution in [0.25, 0.3) is 0 Å². The van der Waals surface area contributed by atoms with Gasteiger partial charge < -0.3 is 10.6 Å². The average Bonchev–Trinajstić information content (AvgIpc) is 2.50. The molecule has 1 atom stereocenters. The molecule has 4 heteroatoms. The number of rotatable bonds is 6. The number of piperazine rings is 1. The van der Waals surface area contributed by atoms with Gasteiger partial charge in [-0.1, -0.05) is 26.2 Å². The van der Waals surface area contributed by atoms with Gasteiger partial charge in [-0.2, -0.15) is 0 Å². The van der Waals surface area contributed by atoms with E-state index < -0.39 is 0 Å². The fraction of sp³-hybridized carbons (Fsp3) is 0.938. The van der Waals surface area contributed by atoms with Gasteiger partial charge in [0, 0.05) is 45.2 Å². The maximum absolute atomic E-state index is 11.8. The van der Waals surface area contributed by atoms with Crippen molar-refractivity contribution in [2.75, 3.05) is 32.7 Å². The van der Waals surface area contributed by atoms with Crippen LogP contribution in [0.3, 0.4) is 0 Å². The third-order valence-corrected chi connectivity index (χ3v) is 4.80. The molecule has 0 radical (unpaired) electrons. The van der Waals surface area contributed by atoms with E-state index in [4.69, 9.17) is 0 Å². The zero-order chi connectivity index (χ0) is 14.2. The number of hydrogen-bond donors (Lipinski definition) is 2. The molecule has 0 aromatic rings. The molecule has 0 aromatic carbocycles. The van der Waals surface area contributed by atoms with E-state index in [1.54, 1.807) is 0 Å². The first-order valence-electron chi connectivity index (χ1n) is 8.52. The highest BCUT2D eigenvalue weighted by Gasteiger charge is 2.29. The molecule has 2 fully saturated rings. The van der Waals surface area contributed by atoms with Crippen molar-refractivity contribution in [3.63, 3.8) is 0 Å². The summed E-state index contributed by atoms with van der Waals surface area (Å²) in [5.74, 6) is 1.01. The summed E-state index contributed by atoms with van der Waals surface area (Å²) in [6.45, 7) is 7.35. The second-order valence-electron chi connectivity index (χ2n) is 6.31. The van der Waals surface area contributed by atoms with Crippen molar-refractivity contribution in [1.82, 2.24) is 15.5 Å². The van der Waals surface area contributed by atoms with E-state index in [9.17, 15) is 4.79 Å². The molecule has 116 valence electrons. The number of carbonyl (C=O) groups is 1. The van der Waals surface area contributed by atoms with Crippen molar-refractivity contribution in [2.24, 2.45) is 5.92 Å². The number of carbonyl (C=O) groups excluding carboxylic acids is 1. The fourth-order valence-electron chi connectivity index (χ4n) is 3.66. The zero-order valence-corrected chi connectivity index (χ0v) is 13.0. The first-order chi connectivity index (χ1) is 9.81. The monoisotopic (exact) mass is 281 g/mol. The molecule has 1 aliphatic carbocycles. The summed E-state index contributed by atoms with van der Waals surface area (Å²) >= 11 is 0. The smallest absolute Gasteiger partial charge is 0.220 e. The molecule has 1 unspecified atom stereocenters. The molecule has 2 N–H and O–H groups in total. The molecule has 4 nitrogen and oxygen atoms in total. The SMILES string of the molecule is CCCC(=O)NCC(C1CCCCC1)N1CCNCC1. The van der Waals surface area contributed by atoms with E-state index in [2.05, 4.69) is 22.5 Å². The largest absolute Gasteiger partial charge is 0.355 e. The highest BCUT2D eigenvalue weighted by molar-refractivity contribution is 5.75. The maximum atomic E-state index is 11.8. The first-order valence-corrected chi connectivity index (χ1v) is 8.52. The Labute approximate surface area is 123 Å². The molecule has 1 amide bonds. The highest BCUT2D eigenvalue weighted by atomic mass is 16.1. The van der Waals surface area contributed by atoms with Gasteiger partial charge in [0.15, 0.2) is 0 Å². The van der Waals surface area contributed by atoms with Crippen molar-refractivity contribution < 1.29 is 4.79 Å². The van der Waals surface area contributed by atoms with Crippen LogP contribution in [0.2, 0.25) is 0 Å². The minimum absolute atomic E-state index is 0.225. The van der Waals surface area contributed by atoms with Crippen LogP contribution in [0.4, 0.5) is 0 Å². The van der Waals surface area contributed by atoms with E-state index in [1.165, 1.54) is 32.1 Å². The van der Waals surface area contributed by atoms with Gasteiger partial charge in [-0.15, -0.1) is 0 Å². The van der Waals surface area contributed by atoms with Gasteiger partial charge in [0.2, 0.25) is 5.91 Å². The lowest BCUT2D eigenvalue weighted by Gasteiger charge is -2.41. The van der Waals surface area contributed by atoms with E-state index >= 15 is 0 Å². The van der Waals surface area contributed by atoms with Crippen molar-refractivity contribution >= 4 is 5.91 Å². The second kappa shape index (κ2) is 8.63. The molecule has 1 aliphatic heterocycles. The summed E-state index contributed by atoms with van der Waals surface area (Å²) in [6.07, 6.45) is 8.43. The lowest BCUT2D eigenvalue weighted by Crippen LogP contribution is -2.55. The van der Waals surface area contributed by atoms with E-state index in [-0.39, 0.29) is 5.91 Å². The van der Waals surface area contributed by atoms with Gasteiger partial charge in [0.05, 0.1) is 0 Å². The Bertz CT molecular complexity index is 265. The van der Waals surface area contributed by atoms with E-state index in [1.807, 2.05) is 0 Å². The Morgan fingerprint density at radius 1 is 1.25 bits per heavy atom. The maximum Gasteiger partial charge on any atom is 0.220 e. The van der Waals surface area contributed by atoms with Gasteiger partial charge >= 0.3 is 0 Å². The van der Waals surface area contributed by atoms with Gasteiger partial charge in [-0.25, -0.2) is 0 Å². The predicted octanol–water partition coefficient (Wildman–Crippen LogP) is 1.76. The molecular weight excluding hydrogens is 250 g/mol. The van der Waals surface area contributed by atoms with Crippen LogP contribution in [0.15, 0.2) is 0 Å². The Hall–Kier alpha value is -0.610. The van der Waals surface area contributed by atoms with Crippen molar-refractivity contribution in [1.29, 1.82) is 0 Å². The molecule has 2 rings (SSSR count). The molecule has 0 spiro atoms. The zero-order valence-electron chi connectivity index (χ0n) is 13.0. The Morgan fingerprint density at radius 2 is 1.95 bits per heavy atom. The number of nitrogens with zero attached hydrogens (tertiary/aromatic N) is 1. The third-order valence-electron chi connectivity index (χ3n) is 4.80. The quantitative estimate of drug-likeness (QED) is 0.780. The molecular formula is C16H31N3O. The average molecular weight is 281 g/mol. The third kappa shape index (κ3) is 4.74. The molecule has 0 aromatic heterocycles. The topological polar surface area (TPSA) is 44.4 Å². The van der Waals surface area contributed by atoms with Crippen molar-refractivity contribution in [2.45, 2.75) is 57.9 Å². The van der Waals surface area contributed by atoms with Crippen molar-refractivity contribution in [3.8, 4) is 0 Å². The van der Waals surface area contributed by atoms with Crippen molar-refractivity contribution in [3.05, 3.63) is 0 Å². The normalized spacial score (nSPS) is 23.4. The second-order valence-corrected chi connectivity index (χ2v) is 6.31. The van der Waals surface area contributed by atoms with Crippen LogP contribution < -0.4 is 10.6 Å². The van der Waals surface area contributed by atoms with Gasteiger partial charge in [0.1, 0.15) is 0 Å². The van der Waals surface area contributed by atoms with Crippen LogP contribution in [0, 0.1) is 5.92 Å². The summed E-state index contributed by atoms with van der Waals surface area (Å²) < 4.78 is 0. The van der Waals surface area contributed by atoms with Crippen LogP contribution in [0.5, 0.6) is 0 Å². The predicted molar refractivity (Wildman–Crippen MR) is 82.7 cm³/mol. The summed E-state index contributed by atoms with van der Waals surface area (Å²) in [5, 5.41) is 6.61. The van der Waals surface area contributed by atoms with E-state index in [0.29, 0.717) is 12.5 Å². The standard InChI is InChI=1S/C16H31N3O/c1-2-6-16(20)18-13-15(14-7-4-3-5-8-14)19-11-9-17-10-12-19/h14-15,17H,2-13H2,1H3,(H,18,20). The summed E-state index contributed by atoms with van der Waals surface area (Å²) in [4.78, 5) is 14.4. The molecule has 2 aliphatic rings. The lowest BCUT2D eigenvalue weighted by atomic mass is 9.83. The number of hydrogen-bond acceptors (Lipinski definition) is 3. The van der Waals surface area contributed by atoms with Gasteiger partial charge in [-0.05, 0) is 25.2 Å². The Morgan fingerprint density at radius 3 is 2.60 bits per heavy atom. The molecule has 1 saturated carbocycles. The van der Waals surface area contributed by atoms with Gasteiger partial charge in [-0.3, -0.25) is 9.69 Å². The Balaban J connectivity index is 1.89.